The quantitative estimate of drug-likeness (QED) is 0.834. The van der Waals surface area contributed by atoms with E-state index in [0.717, 1.165) is 43.2 Å². The SMILES string of the molecule is CC(C(=O)NCC1CCCO1)C1CCN(C(=O)c2cc3ccccc3[nH]2)CC1. The van der Waals surface area contributed by atoms with Gasteiger partial charge in [-0.25, -0.2) is 0 Å². The number of para-hydroxylation sites is 1. The molecule has 1 aromatic heterocycles. The number of ether oxygens (including phenoxy) is 1. The Balaban J connectivity index is 1.28. The van der Waals surface area contributed by atoms with Crippen molar-refractivity contribution < 1.29 is 14.3 Å². The van der Waals surface area contributed by atoms with E-state index in [4.69, 9.17) is 4.74 Å². The van der Waals surface area contributed by atoms with Crippen LogP contribution in [0.4, 0.5) is 0 Å². The van der Waals surface area contributed by atoms with Gasteiger partial charge in [-0.1, -0.05) is 25.1 Å². The van der Waals surface area contributed by atoms with Gasteiger partial charge in [-0.3, -0.25) is 9.59 Å². The van der Waals surface area contributed by atoms with Gasteiger partial charge >= 0.3 is 0 Å². The third-order valence-electron chi connectivity index (χ3n) is 6.24. The van der Waals surface area contributed by atoms with Crippen molar-refractivity contribution in [2.24, 2.45) is 11.8 Å². The minimum absolute atomic E-state index is 0.0354. The number of rotatable bonds is 5. The van der Waals surface area contributed by atoms with Crippen molar-refractivity contribution in [3.05, 3.63) is 36.0 Å². The zero-order valence-electron chi connectivity index (χ0n) is 16.4. The summed E-state index contributed by atoms with van der Waals surface area (Å²) < 4.78 is 5.57. The van der Waals surface area contributed by atoms with Gasteiger partial charge in [-0.15, -0.1) is 0 Å². The van der Waals surface area contributed by atoms with Gasteiger partial charge in [0.1, 0.15) is 5.69 Å². The fourth-order valence-corrected chi connectivity index (χ4v) is 4.36. The van der Waals surface area contributed by atoms with E-state index >= 15 is 0 Å². The van der Waals surface area contributed by atoms with E-state index in [-0.39, 0.29) is 23.8 Å². The molecule has 0 saturated carbocycles. The minimum atomic E-state index is -0.0354. The molecule has 2 fully saturated rings. The van der Waals surface area contributed by atoms with Gasteiger partial charge in [0, 0.05) is 43.1 Å². The van der Waals surface area contributed by atoms with Gasteiger partial charge in [0.2, 0.25) is 5.91 Å². The molecule has 0 radical (unpaired) electrons. The molecule has 2 saturated heterocycles. The molecule has 4 rings (SSSR count). The van der Waals surface area contributed by atoms with E-state index in [9.17, 15) is 9.59 Å². The number of H-pyrrole nitrogens is 1. The molecule has 2 aliphatic heterocycles. The van der Waals surface area contributed by atoms with Crippen LogP contribution < -0.4 is 5.32 Å². The molecule has 0 bridgehead atoms. The second kappa shape index (κ2) is 8.35. The Bertz CT molecular complexity index is 799. The summed E-state index contributed by atoms with van der Waals surface area (Å²) in [6.07, 6.45) is 4.01. The highest BCUT2D eigenvalue weighted by atomic mass is 16.5. The van der Waals surface area contributed by atoms with E-state index in [0.29, 0.717) is 31.2 Å². The minimum Gasteiger partial charge on any atom is -0.376 e. The van der Waals surface area contributed by atoms with Crippen LogP contribution in [0.5, 0.6) is 0 Å². The number of aromatic nitrogens is 1. The Morgan fingerprint density at radius 3 is 2.75 bits per heavy atom. The van der Waals surface area contributed by atoms with Gasteiger partial charge in [0.05, 0.1) is 6.10 Å². The largest absolute Gasteiger partial charge is 0.376 e. The summed E-state index contributed by atoms with van der Waals surface area (Å²) in [6, 6.07) is 9.84. The number of benzene rings is 1. The first-order valence-electron chi connectivity index (χ1n) is 10.4. The van der Waals surface area contributed by atoms with Crippen molar-refractivity contribution in [3.63, 3.8) is 0 Å². The number of amides is 2. The molecule has 6 nitrogen and oxygen atoms in total. The summed E-state index contributed by atoms with van der Waals surface area (Å²) in [4.78, 5) is 30.4. The molecule has 2 atom stereocenters. The Labute approximate surface area is 165 Å². The summed E-state index contributed by atoms with van der Waals surface area (Å²) in [5.74, 6) is 0.434. The van der Waals surface area contributed by atoms with Crippen molar-refractivity contribution >= 4 is 22.7 Å². The highest BCUT2D eigenvalue weighted by Crippen LogP contribution is 2.26. The van der Waals surface area contributed by atoms with Gasteiger partial charge in [0.15, 0.2) is 0 Å². The molecule has 150 valence electrons. The van der Waals surface area contributed by atoms with E-state index in [1.54, 1.807) is 0 Å². The van der Waals surface area contributed by atoms with Crippen molar-refractivity contribution in [2.75, 3.05) is 26.2 Å². The maximum atomic E-state index is 12.8. The Kier molecular flexibility index (Phi) is 5.67. The molecule has 6 heteroatoms. The van der Waals surface area contributed by atoms with E-state index in [1.807, 2.05) is 42.2 Å². The molecule has 0 aliphatic carbocycles. The lowest BCUT2D eigenvalue weighted by Gasteiger charge is -2.34. The molecule has 2 aliphatic rings. The third kappa shape index (κ3) is 4.07. The monoisotopic (exact) mass is 383 g/mol. The number of carbonyl (C=O) groups is 2. The zero-order chi connectivity index (χ0) is 19.5. The van der Waals surface area contributed by atoms with Crippen LogP contribution in [-0.2, 0) is 9.53 Å². The zero-order valence-corrected chi connectivity index (χ0v) is 16.4. The van der Waals surface area contributed by atoms with Crippen LogP contribution >= 0.6 is 0 Å². The summed E-state index contributed by atoms with van der Waals surface area (Å²) in [7, 11) is 0. The highest BCUT2D eigenvalue weighted by Gasteiger charge is 2.31. The first kappa shape index (κ1) is 19.0. The smallest absolute Gasteiger partial charge is 0.270 e. The predicted octanol–water partition coefficient (Wildman–Crippen LogP) is 2.95. The fraction of sp³-hybridized carbons (Fsp3) is 0.545. The van der Waals surface area contributed by atoms with Crippen LogP contribution in [0.1, 0.15) is 43.1 Å². The van der Waals surface area contributed by atoms with Crippen molar-refractivity contribution in [2.45, 2.75) is 38.7 Å². The van der Waals surface area contributed by atoms with Gasteiger partial charge in [-0.05, 0) is 43.7 Å². The van der Waals surface area contributed by atoms with Crippen LogP contribution in [0.15, 0.2) is 30.3 Å². The molecule has 0 spiro atoms. The molecular formula is C22H29N3O3. The van der Waals surface area contributed by atoms with Crippen molar-refractivity contribution in [3.8, 4) is 0 Å². The number of likely N-dealkylation sites (tertiary alicyclic amines) is 1. The van der Waals surface area contributed by atoms with Crippen molar-refractivity contribution in [1.29, 1.82) is 0 Å². The topological polar surface area (TPSA) is 74.4 Å². The Hall–Kier alpha value is -2.34. The van der Waals surface area contributed by atoms with E-state index < -0.39 is 0 Å². The van der Waals surface area contributed by atoms with Crippen LogP contribution in [-0.4, -0.2) is 54.0 Å². The maximum Gasteiger partial charge on any atom is 0.270 e. The Morgan fingerprint density at radius 2 is 2.04 bits per heavy atom. The van der Waals surface area contributed by atoms with Crippen LogP contribution in [0.25, 0.3) is 10.9 Å². The first-order valence-corrected chi connectivity index (χ1v) is 10.4. The number of aromatic amines is 1. The average Bonchev–Trinajstić information content (AvgIpc) is 3.40. The second-order valence-electron chi connectivity index (χ2n) is 8.07. The van der Waals surface area contributed by atoms with Crippen LogP contribution in [0, 0.1) is 11.8 Å². The normalized spacial score (nSPS) is 21.8. The molecule has 1 aromatic carbocycles. The molecule has 2 unspecified atom stereocenters. The first-order chi connectivity index (χ1) is 13.6. The lowest BCUT2D eigenvalue weighted by molar-refractivity contribution is -0.127. The van der Waals surface area contributed by atoms with Gasteiger partial charge in [0.25, 0.3) is 5.91 Å². The highest BCUT2D eigenvalue weighted by molar-refractivity contribution is 5.98. The number of hydrogen-bond acceptors (Lipinski definition) is 3. The predicted molar refractivity (Wildman–Crippen MR) is 108 cm³/mol. The van der Waals surface area contributed by atoms with Crippen molar-refractivity contribution in [1.82, 2.24) is 15.2 Å². The number of nitrogens with zero attached hydrogens (tertiary/aromatic N) is 1. The molecule has 3 heterocycles. The number of carbonyl (C=O) groups excluding carboxylic acids is 2. The number of hydrogen-bond donors (Lipinski definition) is 2. The van der Waals surface area contributed by atoms with Gasteiger partial charge in [-0.2, -0.15) is 0 Å². The van der Waals surface area contributed by atoms with E-state index in [1.165, 1.54) is 0 Å². The molecular weight excluding hydrogens is 354 g/mol. The average molecular weight is 383 g/mol. The number of piperidine rings is 1. The molecule has 2 amide bonds. The summed E-state index contributed by atoms with van der Waals surface area (Å²) in [5, 5.41) is 4.10. The molecule has 2 aromatic rings. The fourth-order valence-electron chi connectivity index (χ4n) is 4.36. The number of fused-ring (bicyclic) bond motifs is 1. The Morgan fingerprint density at radius 1 is 1.25 bits per heavy atom. The summed E-state index contributed by atoms with van der Waals surface area (Å²) >= 11 is 0. The summed E-state index contributed by atoms with van der Waals surface area (Å²) in [6.45, 7) is 4.81. The van der Waals surface area contributed by atoms with Gasteiger partial charge < -0.3 is 19.9 Å². The van der Waals surface area contributed by atoms with E-state index in [2.05, 4.69) is 10.3 Å². The number of nitrogens with one attached hydrogen (secondary N) is 2. The lowest BCUT2D eigenvalue weighted by Crippen LogP contribution is -2.43. The van der Waals surface area contributed by atoms with Crippen LogP contribution in [0.2, 0.25) is 0 Å². The van der Waals surface area contributed by atoms with Crippen LogP contribution in [0.3, 0.4) is 0 Å². The summed E-state index contributed by atoms with van der Waals surface area (Å²) in [5.41, 5.74) is 1.62. The molecule has 2 N–H and O–H groups in total. The maximum absolute atomic E-state index is 12.8. The standard InChI is InChI=1S/C22H29N3O3/c1-15(21(26)23-14-18-6-4-12-28-18)16-8-10-25(11-9-16)22(27)20-13-17-5-2-3-7-19(17)24-20/h2-3,5,7,13,15-16,18,24H,4,6,8-12,14H2,1H3,(H,23,26). The molecule has 28 heavy (non-hydrogen) atoms. The third-order valence-corrected chi connectivity index (χ3v) is 6.24. The lowest BCUT2D eigenvalue weighted by atomic mass is 9.84. The second-order valence-corrected chi connectivity index (χ2v) is 8.07.